The van der Waals surface area contributed by atoms with Gasteiger partial charge in [0.2, 0.25) is 0 Å². The maximum Gasteiger partial charge on any atom is 0.153 e. The van der Waals surface area contributed by atoms with Crippen molar-refractivity contribution < 1.29 is 0 Å². The Morgan fingerprint density at radius 1 is 1.16 bits per heavy atom. The van der Waals surface area contributed by atoms with Crippen molar-refractivity contribution in [1.82, 2.24) is 14.8 Å². The molecule has 2 saturated carbocycles. The van der Waals surface area contributed by atoms with E-state index in [0.717, 1.165) is 12.4 Å². The molecule has 0 amide bonds. The molecule has 4 rings (SSSR count). The fourth-order valence-electron chi connectivity index (χ4n) is 3.03. The van der Waals surface area contributed by atoms with Crippen molar-refractivity contribution in [3.8, 4) is 0 Å². The molecule has 3 heteroatoms. The van der Waals surface area contributed by atoms with Gasteiger partial charge < -0.3 is 0 Å². The van der Waals surface area contributed by atoms with E-state index < -0.39 is 0 Å². The molecule has 3 nitrogen and oxygen atoms in total. The molecule has 19 heavy (non-hydrogen) atoms. The SMILES string of the molecule is c1ccc(C2(Cn3cnc(C4CCC4)n3)CC2)cc1. The smallest absolute Gasteiger partial charge is 0.153 e. The van der Waals surface area contributed by atoms with E-state index in [1.807, 2.05) is 6.33 Å². The predicted octanol–water partition coefficient (Wildman–Crippen LogP) is 3.28. The molecular weight excluding hydrogens is 234 g/mol. The molecule has 0 bridgehead atoms. The molecule has 1 heterocycles. The molecule has 0 unspecified atom stereocenters. The molecule has 0 N–H and O–H groups in total. The quantitative estimate of drug-likeness (QED) is 0.837. The van der Waals surface area contributed by atoms with Crippen LogP contribution in [0.2, 0.25) is 0 Å². The zero-order chi connectivity index (χ0) is 12.7. The lowest BCUT2D eigenvalue weighted by atomic mass is 9.85. The van der Waals surface area contributed by atoms with Crippen LogP contribution in [-0.4, -0.2) is 14.8 Å². The summed E-state index contributed by atoms with van der Waals surface area (Å²) < 4.78 is 2.06. The van der Waals surface area contributed by atoms with Crippen molar-refractivity contribution >= 4 is 0 Å². The Hall–Kier alpha value is -1.64. The van der Waals surface area contributed by atoms with Crippen LogP contribution < -0.4 is 0 Å². The normalized spacial score (nSPS) is 21.1. The fourth-order valence-corrected chi connectivity index (χ4v) is 3.03. The summed E-state index contributed by atoms with van der Waals surface area (Å²) in [6.07, 6.45) is 8.36. The standard InChI is InChI=1S/C16H19N3/c1-2-7-14(8-3-1)16(9-10-16)11-19-12-17-15(18-19)13-5-4-6-13/h1-3,7-8,12-13H,4-6,9-11H2. The summed E-state index contributed by atoms with van der Waals surface area (Å²) in [5.41, 5.74) is 1.78. The van der Waals surface area contributed by atoms with Crippen LogP contribution in [0.1, 0.15) is 49.4 Å². The van der Waals surface area contributed by atoms with Gasteiger partial charge in [-0.3, -0.25) is 4.68 Å². The second-order valence-electron chi connectivity index (χ2n) is 6.07. The van der Waals surface area contributed by atoms with Gasteiger partial charge in [-0.15, -0.1) is 0 Å². The second-order valence-corrected chi connectivity index (χ2v) is 6.07. The van der Waals surface area contributed by atoms with Crippen molar-refractivity contribution in [3.05, 3.63) is 48.0 Å². The molecule has 0 atom stereocenters. The van der Waals surface area contributed by atoms with Gasteiger partial charge >= 0.3 is 0 Å². The van der Waals surface area contributed by atoms with Gasteiger partial charge in [0.15, 0.2) is 5.82 Å². The van der Waals surface area contributed by atoms with Gasteiger partial charge in [0.25, 0.3) is 0 Å². The van der Waals surface area contributed by atoms with Gasteiger partial charge in [0.1, 0.15) is 6.33 Å². The number of hydrogen-bond donors (Lipinski definition) is 0. The zero-order valence-corrected chi connectivity index (χ0v) is 11.1. The van der Waals surface area contributed by atoms with Gasteiger partial charge in [0.05, 0.1) is 6.54 Å². The Balaban J connectivity index is 1.53. The first-order valence-corrected chi connectivity index (χ1v) is 7.31. The van der Waals surface area contributed by atoms with Gasteiger partial charge in [-0.05, 0) is 31.2 Å². The number of hydrogen-bond acceptors (Lipinski definition) is 2. The minimum Gasteiger partial charge on any atom is -0.252 e. The minimum absolute atomic E-state index is 0.325. The minimum atomic E-state index is 0.325. The Morgan fingerprint density at radius 2 is 1.95 bits per heavy atom. The monoisotopic (exact) mass is 253 g/mol. The third kappa shape index (κ3) is 1.97. The average Bonchev–Trinajstić information content (AvgIpc) is 3.03. The summed E-state index contributed by atoms with van der Waals surface area (Å²) >= 11 is 0. The van der Waals surface area contributed by atoms with Gasteiger partial charge in [-0.2, -0.15) is 5.10 Å². The van der Waals surface area contributed by atoms with Crippen LogP contribution in [0.15, 0.2) is 36.7 Å². The first-order valence-electron chi connectivity index (χ1n) is 7.31. The molecular formula is C16H19N3. The Kier molecular flexibility index (Phi) is 2.47. The van der Waals surface area contributed by atoms with Crippen LogP contribution >= 0.6 is 0 Å². The van der Waals surface area contributed by atoms with Crippen molar-refractivity contribution in [3.63, 3.8) is 0 Å². The van der Waals surface area contributed by atoms with E-state index >= 15 is 0 Å². The maximum absolute atomic E-state index is 4.69. The molecule has 2 aliphatic rings. The molecule has 1 aromatic carbocycles. The van der Waals surface area contributed by atoms with Crippen molar-refractivity contribution in [2.45, 2.75) is 50.0 Å². The molecule has 0 aliphatic heterocycles. The van der Waals surface area contributed by atoms with E-state index in [1.54, 1.807) is 0 Å². The van der Waals surface area contributed by atoms with Crippen LogP contribution in [0.3, 0.4) is 0 Å². The summed E-state index contributed by atoms with van der Waals surface area (Å²) in [7, 11) is 0. The lowest BCUT2D eigenvalue weighted by molar-refractivity contribution is 0.395. The summed E-state index contributed by atoms with van der Waals surface area (Å²) in [6.45, 7) is 0.983. The molecule has 0 saturated heterocycles. The Bertz CT molecular complexity index is 565. The van der Waals surface area contributed by atoms with Crippen LogP contribution in [0.4, 0.5) is 0 Å². The van der Waals surface area contributed by atoms with Crippen LogP contribution in [-0.2, 0) is 12.0 Å². The number of rotatable bonds is 4. The highest BCUT2D eigenvalue weighted by Crippen LogP contribution is 2.49. The number of aromatic nitrogens is 3. The van der Waals surface area contributed by atoms with E-state index in [0.29, 0.717) is 11.3 Å². The summed E-state index contributed by atoms with van der Waals surface area (Å²) in [4.78, 5) is 4.50. The fraction of sp³-hybridized carbons (Fsp3) is 0.500. The van der Waals surface area contributed by atoms with E-state index in [9.17, 15) is 0 Å². The third-order valence-electron chi connectivity index (χ3n) is 4.73. The van der Waals surface area contributed by atoms with Crippen LogP contribution in [0.25, 0.3) is 0 Å². The molecule has 2 fully saturated rings. The first-order chi connectivity index (χ1) is 9.36. The highest BCUT2D eigenvalue weighted by atomic mass is 15.3. The average molecular weight is 253 g/mol. The predicted molar refractivity (Wildman–Crippen MR) is 74.0 cm³/mol. The lowest BCUT2D eigenvalue weighted by Gasteiger charge is -2.21. The van der Waals surface area contributed by atoms with E-state index in [4.69, 9.17) is 0 Å². The van der Waals surface area contributed by atoms with E-state index in [1.165, 1.54) is 37.7 Å². The van der Waals surface area contributed by atoms with E-state index in [-0.39, 0.29) is 0 Å². The Labute approximate surface area is 113 Å². The largest absolute Gasteiger partial charge is 0.252 e. The molecule has 2 aromatic rings. The summed E-state index contributed by atoms with van der Waals surface area (Å²) in [6, 6.07) is 10.9. The summed E-state index contributed by atoms with van der Waals surface area (Å²) in [5.74, 6) is 1.70. The first kappa shape index (κ1) is 11.2. The highest BCUT2D eigenvalue weighted by molar-refractivity contribution is 5.30. The molecule has 98 valence electrons. The van der Waals surface area contributed by atoms with E-state index in [2.05, 4.69) is 45.1 Å². The number of nitrogens with zero attached hydrogens (tertiary/aromatic N) is 3. The number of benzene rings is 1. The maximum atomic E-state index is 4.69. The van der Waals surface area contributed by atoms with Gasteiger partial charge in [0, 0.05) is 11.3 Å². The molecule has 2 aliphatic carbocycles. The zero-order valence-electron chi connectivity index (χ0n) is 11.1. The lowest BCUT2D eigenvalue weighted by Crippen LogP contribution is -2.17. The molecule has 0 spiro atoms. The molecule has 0 radical (unpaired) electrons. The van der Waals surface area contributed by atoms with Gasteiger partial charge in [-0.25, -0.2) is 4.98 Å². The van der Waals surface area contributed by atoms with Crippen LogP contribution in [0.5, 0.6) is 0 Å². The highest BCUT2D eigenvalue weighted by Gasteiger charge is 2.44. The topological polar surface area (TPSA) is 30.7 Å². The van der Waals surface area contributed by atoms with Crippen LogP contribution in [0, 0.1) is 0 Å². The Morgan fingerprint density at radius 3 is 2.58 bits per heavy atom. The second kappa shape index (κ2) is 4.19. The third-order valence-corrected chi connectivity index (χ3v) is 4.73. The van der Waals surface area contributed by atoms with Crippen molar-refractivity contribution in [1.29, 1.82) is 0 Å². The van der Waals surface area contributed by atoms with Crippen molar-refractivity contribution in [2.75, 3.05) is 0 Å². The molecule has 1 aromatic heterocycles. The van der Waals surface area contributed by atoms with Crippen molar-refractivity contribution in [2.24, 2.45) is 0 Å². The summed E-state index contributed by atoms with van der Waals surface area (Å²) in [5, 5.41) is 4.69. The van der Waals surface area contributed by atoms with Gasteiger partial charge in [-0.1, -0.05) is 36.8 Å².